The Labute approximate surface area is 80.9 Å². The lowest BCUT2D eigenvalue weighted by Crippen LogP contribution is -2.29. The molecule has 74 valence electrons. The van der Waals surface area contributed by atoms with Gasteiger partial charge in [-0.2, -0.15) is 0 Å². The van der Waals surface area contributed by atoms with Crippen LogP contribution in [0.15, 0.2) is 0 Å². The molecule has 1 heteroatoms. The lowest BCUT2D eigenvalue weighted by atomic mass is 9.75. The van der Waals surface area contributed by atoms with Gasteiger partial charge in [0.2, 0.25) is 0 Å². The van der Waals surface area contributed by atoms with E-state index in [2.05, 4.69) is 27.7 Å². The predicted molar refractivity (Wildman–Crippen MR) is 53.4 cm³/mol. The van der Waals surface area contributed by atoms with E-state index >= 15 is 0 Å². The highest BCUT2D eigenvalue weighted by molar-refractivity contribution is 5.89. The first-order chi connectivity index (χ1) is 5.94. The minimum Gasteiger partial charge on any atom is -0.299 e. The van der Waals surface area contributed by atoms with Crippen molar-refractivity contribution >= 4 is 5.78 Å². The smallest absolute Gasteiger partial charge is 0.139 e. The molecule has 0 saturated heterocycles. The maximum absolute atomic E-state index is 11.8. The van der Waals surface area contributed by atoms with Crippen molar-refractivity contribution in [1.82, 2.24) is 0 Å². The fourth-order valence-electron chi connectivity index (χ4n) is 3.81. The first-order valence-corrected chi connectivity index (χ1v) is 5.48. The van der Waals surface area contributed by atoms with Gasteiger partial charge < -0.3 is 0 Å². The molecule has 0 N–H and O–H groups in total. The number of Topliss-reactive ketones (excluding diaryl/α,β-unsaturated/α-hetero) is 1. The Hall–Kier alpha value is -0.330. The van der Waals surface area contributed by atoms with Crippen LogP contribution in [0.1, 0.15) is 47.0 Å². The molecule has 3 unspecified atom stereocenters. The summed E-state index contributed by atoms with van der Waals surface area (Å²) in [5, 5.41) is 0. The largest absolute Gasteiger partial charge is 0.299 e. The van der Waals surface area contributed by atoms with Gasteiger partial charge in [-0.25, -0.2) is 0 Å². The summed E-state index contributed by atoms with van der Waals surface area (Å²) in [6.07, 6.45) is 3.09. The van der Waals surface area contributed by atoms with E-state index in [0.717, 1.165) is 19.3 Å². The molecule has 0 aromatic rings. The Balaban J connectivity index is 2.23. The zero-order valence-electron chi connectivity index (χ0n) is 9.18. The van der Waals surface area contributed by atoms with Gasteiger partial charge in [-0.05, 0) is 23.7 Å². The number of carbonyl (C=O) groups excluding carboxylic acids is 1. The fourth-order valence-corrected chi connectivity index (χ4v) is 3.81. The summed E-state index contributed by atoms with van der Waals surface area (Å²) < 4.78 is 0. The molecule has 2 aliphatic rings. The highest BCUT2D eigenvalue weighted by atomic mass is 16.1. The molecule has 2 fully saturated rings. The van der Waals surface area contributed by atoms with Gasteiger partial charge in [-0.3, -0.25) is 4.79 Å². The molecule has 3 atom stereocenters. The predicted octanol–water partition coefficient (Wildman–Crippen LogP) is 3.04. The van der Waals surface area contributed by atoms with Gasteiger partial charge in [0.1, 0.15) is 5.78 Å². The Bertz CT molecular complexity index is 254. The van der Waals surface area contributed by atoms with E-state index in [1.165, 1.54) is 0 Å². The van der Waals surface area contributed by atoms with Gasteiger partial charge in [0, 0.05) is 11.8 Å². The lowest BCUT2D eigenvalue weighted by Gasteiger charge is -2.27. The highest BCUT2D eigenvalue weighted by Gasteiger charge is 2.71. The monoisotopic (exact) mass is 180 g/mol. The standard InChI is InChI=1S/C12H20O/c1-5-6-12(4)9(13)7-8-10(12)11(8,2)3/h8,10H,5-7H2,1-4H3. The second-order valence-electron chi connectivity index (χ2n) is 5.70. The van der Waals surface area contributed by atoms with E-state index in [-0.39, 0.29) is 5.41 Å². The van der Waals surface area contributed by atoms with E-state index in [0.29, 0.717) is 23.0 Å². The van der Waals surface area contributed by atoms with Gasteiger partial charge in [0.25, 0.3) is 0 Å². The molecule has 0 aliphatic heterocycles. The number of hydrogen-bond donors (Lipinski definition) is 0. The molecule has 2 aliphatic carbocycles. The van der Waals surface area contributed by atoms with E-state index < -0.39 is 0 Å². The quantitative estimate of drug-likeness (QED) is 0.638. The average Bonchev–Trinajstić information content (AvgIpc) is 2.40. The molecular formula is C12H20O. The molecule has 0 heterocycles. The van der Waals surface area contributed by atoms with Crippen LogP contribution >= 0.6 is 0 Å². The summed E-state index contributed by atoms with van der Waals surface area (Å²) in [5.74, 6) is 1.92. The van der Waals surface area contributed by atoms with Crippen molar-refractivity contribution in [1.29, 1.82) is 0 Å². The molecule has 0 bridgehead atoms. The summed E-state index contributed by atoms with van der Waals surface area (Å²) in [4.78, 5) is 11.8. The highest BCUT2D eigenvalue weighted by Crippen LogP contribution is 2.73. The maximum atomic E-state index is 11.8. The van der Waals surface area contributed by atoms with Gasteiger partial charge >= 0.3 is 0 Å². The van der Waals surface area contributed by atoms with Crippen molar-refractivity contribution in [3.05, 3.63) is 0 Å². The summed E-state index contributed by atoms with van der Waals surface area (Å²) in [6.45, 7) is 9.02. The van der Waals surface area contributed by atoms with Crippen molar-refractivity contribution in [3.8, 4) is 0 Å². The Morgan fingerprint density at radius 1 is 1.38 bits per heavy atom. The van der Waals surface area contributed by atoms with E-state index in [1.807, 2.05) is 0 Å². The van der Waals surface area contributed by atoms with Crippen molar-refractivity contribution in [2.24, 2.45) is 22.7 Å². The molecule has 1 nitrogen and oxygen atoms in total. The summed E-state index contributed by atoms with van der Waals surface area (Å²) in [7, 11) is 0. The Morgan fingerprint density at radius 2 is 2.00 bits per heavy atom. The third-order valence-corrected chi connectivity index (χ3v) is 4.55. The zero-order chi connectivity index (χ0) is 9.85. The third-order valence-electron chi connectivity index (χ3n) is 4.55. The lowest BCUT2D eigenvalue weighted by molar-refractivity contribution is -0.128. The van der Waals surface area contributed by atoms with Crippen LogP contribution in [-0.4, -0.2) is 5.78 Å². The van der Waals surface area contributed by atoms with Crippen LogP contribution in [0, 0.1) is 22.7 Å². The van der Waals surface area contributed by atoms with Gasteiger partial charge in [0.15, 0.2) is 0 Å². The topological polar surface area (TPSA) is 17.1 Å². The second-order valence-corrected chi connectivity index (χ2v) is 5.70. The molecule has 0 radical (unpaired) electrons. The minimum atomic E-state index is 0.0307. The van der Waals surface area contributed by atoms with Crippen molar-refractivity contribution in [3.63, 3.8) is 0 Å². The number of hydrogen-bond acceptors (Lipinski definition) is 1. The molecule has 0 aromatic carbocycles. The molecular weight excluding hydrogens is 160 g/mol. The van der Waals surface area contributed by atoms with Crippen LogP contribution in [0.25, 0.3) is 0 Å². The van der Waals surface area contributed by atoms with E-state index in [9.17, 15) is 4.79 Å². The first-order valence-electron chi connectivity index (χ1n) is 5.48. The number of rotatable bonds is 2. The van der Waals surface area contributed by atoms with Gasteiger partial charge in [-0.15, -0.1) is 0 Å². The number of fused-ring (bicyclic) bond motifs is 1. The van der Waals surface area contributed by atoms with E-state index in [4.69, 9.17) is 0 Å². The molecule has 13 heavy (non-hydrogen) atoms. The van der Waals surface area contributed by atoms with Crippen molar-refractivity contribution in [2.45, 2.75) is 47.0 Å². The summed E-state index contributed by atoms with van der Waals surface area (Å²) in [5.41, 5.74) is 0.487. The van der Waals surface area contributed by atoms with Crippen LogP contribution in [0.3, 0.4) is 0 Å². The molecule has 0 amide bonds. The third kappa shape index (κ3) is 0.963. The minimum absolute atomic E-state index is 0.0307. The van der Waals surface area contributed by atoms with Crippen LogP contribution in [0.4, 0.5) is 0 Å². The zero-order valence-corrected chi connectivity index (χ0v) is 9.18. The Kier molecular flexibility index (Phi) is 1.68. The van der Waals surface area contributed by atoms with Gasteiger partial charge in [-0.1, -0.05) is 34.1 Å². The molecule has 0 spiro atoms. The molecule has 0 aromatic heterocycles. The molecule has 2 saturated carbocycles. The summed E-state index contributed by atoms with van der Waals surface area (Å²) in [6, 6.07) is 0. The second kappa shape index (κ2) is 2.37. The average molecular weight is 180 g/mol. The van der Waals surface area contributed by atoms with Crippen molar-refractivity contribution < 1.29 is 4.79 Å². The van der Waals surface area contributed by atoms with Crippen molar-refractivity contribution in [2.75, 3.05) is 0 Å². The van der Waals surface area contributed by atoms with Crippen LogP contribution in [-0.2, 0) is 4.79 Å². The number of carbonyl (C=O) groups is 1. The SMILES string of the molecule is CCCC1(C)C(=O)CC2C1C2(C)C. The maximum Gasteiger partial charge on any atom is 0.139 e. The van der Waals surface area contributed by atoms with Crippen LogP contribution < -0.4 is 0 Å². The molecule has 2 rings (SSSR count). The van der Waals surface area contributed by atoms with Crippen LogP contribution in [0.5, 0.6) is 0 Å². The normalized spacial score (nSPS) is 46.3. The van der Waals surface area contributed by atoms with E-state index in [1.54, 1.807) is 0 Å². The fraction of sp³-hybridized carbons (Fsp3) is 0.917. The summed E-state index contributed by atoms with van der Waals surface area (Å²) >= 11 is 0. The van der Waals surface area contributed by atoms with Crippen LogP contribution in [0.2, 0.25) is 0 Å². The first kappa shape index (κ1) is 9.23. The number of ketones is 1. The van der Waals surface area contributed by atoms with Gasteiger partial charge in [0.05, 0.1) is 0 Å². The Morgan fingerprint density at radius 3 is 2.46 bits per heavy atom.